The molecule has 10 heteroatoms. The fraction of sp³-hybridized carbons (Fsp3) is 0.111. The van der Waals surface area contributed by atoms with Crippen LogP contribution in [0.2, 0.25) is 0 Å². The number of nitrogens with one attached hydrogen (secondary N) is 2. The standard InChI is InChI=1S/C18H15FN8O/c19-12-4-2-1-3-10(12)9-27-15(13-5-6-28-26-13)7-14(25-27)18-21-8-11-16(20)23-24-17(11)22-18/h1-8,16,23H,9,20H2,(H,21,22,24). The number of nitrogens with two attached hydrogens (primary N) is 1. The second kappa shape index (κ2) is 6.51. The van der Waals surface area contributed by atoms with Crippen molar-refractivity contribution in [2.24, 2.45) is 5.73 Å². The SMILES string of the molecule is NC1NNc2nc(-c3cc(-c4ccon4)n(Cc4ccccc4F)n3)ncc21. The molecule has 0 radical (unpaired) electrons. The molecule has 0 saturated carbocycles. The Morgan fingerprint density at radius 1 is 1.21 bits per heavy atom. The van der Waals surface area contributed by atoms with E-state index in [4.69, 9.17) is 10.3 Å². The summed E-state index contributed by atoms with van der Waals surface area (Å²) >= 11 is 0. The molecule has 0 aliphatic carbocycles. The predicted molar refractivity (Wildman–Crippen MR) is 97.9 cm³/mol. The number of halogens is 1. The Labute approximate surface area is 158 Å². The van der Waals surface area contributed by atoms with Gasteiger partial charge < -0.3 is 15.7 Å². The lowest BCUT2D eigenvalue weighted by atomic mass is 10.2. The van der Waals surface area contributed by atoms with Crippen molar-refractivity contribution in [1.82, 2.24) is 30.3 Å². The number of anilines is 1. The van der Waals surface area contributed by atoms with Gasteiger partial charge in [0.1, 0.15) is 29.6 Å². The first-order valence-corrected chi connectivity index (χ1v) is 8.55. The smallest absolute Gasteiger partial charge is 0.182 e. The van der Waals surface area contributed by atoms with E-state index in [-0.39, 0.29) is 18.5 Å². The third-order valence-corrected chi connectivity index (χ3v) is 4.49. The third-order valence-electron chi connectivity index (χ3n) is 4.49. The van der Waals surface area contributed by atoms with Gasteiger partial charge in [-0.2, -0.15) is 5.10 Å². The maximum absolute atomic E-state index is 14.1. The van der Waals surface area contributed by atoms with Crippen LogP contribution in [0.25, 0.3) is 22.9 Å². The summed E-state index contributed by atoms with van der Waals surface area (Å²) in [6.45, 7) is 0.227. The summed E-state index contributed by atoms with van der Waals surface area (Å²) in [7, 11) is 0. The first kappa shape index (κ1) is 16.5. The first-order chi connectivity index (χ1) is 13.7. The van der Waals surface area contributed by atoms with Crippen molar-refractivity contribution in [3.05, 3.63) is 65.8 Å². The van der Waals surface area contributed by atoms with E-state index in [9.17, 15) is 4.39 Å². The van der Waals surface area contributed by atoms with Gasteiger partial charge in [0.25, 0.3) is 0 Å². The topological polar surface area (TPSA) is 120 Å². The maximum Gasteiger partial charge on any atom is 0.182 e. The number of rotatable bonds is 4. The molecule has 0 fully saturated rings. The van der Waals surface area contributed by atoms with Gasteiger partial charge in [-0.15, -0.1) is 0 Å². The molecule has 9 nitrogen and oxygen atoms in total. The maximum atomic E-state index is 14.1. The molecule has 0 spiro atoms. The van der Waals surface area contributed by atoms with Crippen LogP contribution in [0, 0.1) is 5.82 Å². The molecule has 0 bridgehead atoms. The number of fused-ring (bicyclic) bond motifs is 1. The van der Waals surface area contributed by atoms with Gasteiger partial charge in [0.2, 0.25) is 0 Å². The quantitative estimate of drug-likeness (QED) is 0.494. The summed E-state index contributed by atoms with van der Waals surface area (Å²) in [4.78, 5) is 8.84. The summed E-state index contributed by atoms with van der Waals surface area (Å²) in [5.41, 5.74) is 14.7. The fourth-order valence-corrected chi connectivity index (χ4v) is 3.05. The number of hydrogen-bond acceptors (Lipinski definition) is 8. The van der Waals surface area contributed by atoms with E-state index < -0.39 is 0 Å². The van der Waals surface area contributed by atoms with Crippen LogP contribution in [-0.2, 0) is 6.54 Å². The first-order valence-electron chi connectivity index (χ1n) is 8.55. The molecular formula is C18H15FN8O. The molecule has 4 heterocycles. The van der Waals surface area contributed by atoms with Gasteiger partial charge in [-0.3, -0.25) is 4.68 Å². The monoisotopic (exact) mass is 378 g/mol. The van der Waals surface area contributed by atoms with E-state index in [0.29, 0.717) is 34.3 Å². The molecule has 28 heavy (non-hydrogen) atoms. The molecule has 1 aliphatic rings. The molecule has 4 aromatic rings. The van der Waals surface area contributed by atoms with Crippen molar-refractivity contribution < 1.29 is 8.91 Å². The highest BCUT2D eigenvalue weighted by Crippen LogP contribution is 2.28. The number of aromatic nitrogens is 5. The van der Waals surface area contributed by atoms with Gasteiger partial charge in [0.05, 0.1) is 12.2 Å². The summed E-state index contributed by atoms with van der Waals surface area (Å²) in [5, 5.41) is 8.56. The second-order valence-corrected chi connectivity index (χ2v) is 6.29. The van der Waals surface area contributed by atoms with Gasteiger partial charge in [0, 0.05) is 23.4 Å². The highest BCUT2D eigenvalue weighted by molar-refractivity contribution is 5.64. The molecule has 1 aliphatic heterocycles. The lowest BCUT2D eigenvalue weighted by Crippen LogP contribution is -2.25. The van der Waals surface area contributed by atoms with Crippen molar-refractivity contribution in [2.45, 2.75) is 12.7 Å². The average molecular weight is 378 g/mol. The van der Waals surface area contributed by atoms with Crippen LogP contribution < -0.4 is 16.6 Å². The normalized spacial score (nSPS) is 15.4. The van der Waals surface area contributed by atoms with Gasteiger partial charge in [-0.25, -0.2) is 19.8 Å². The van der Waals surface area contributed by atoms with Crippen molar-refractivity contribution in [2.75, 3.05) is 5.43 Å². The third kappa shape index (κ3) is 2.80. The van der Waals surface area contributed by atoms with Crippen LogP contribution >= 0.6 is 0 Å². The fourth-order valence-electron chi connectivity index (χ4n) is 3.05. The summed E-state index contributed by atoms with van der Waals surface area (Å²) < 4.78 is 20.7. The Bertz CT molecular complexity index is 1140. The van der Waals surface area contributed by atoms with E-state index in [1.54, 1.807) is 41.2 Å². The zero-order valence-corrected chi connectivity index (χ0v) is 14.5. The molecule has 1 atom stereocenters. The van der Waals surface area contributed by atoms with E-state index in [1.807, 2.05) is 0 Å². The zero-order chi connectivity index (χ0) is 19.1. The van der Waals surface area contributed by atoms with Gasteiger partial charge >= 0.3 is 0 Å². The Balaban J connectivity index is 1.58. The molecule has 1 aromatic carbocycles. The number of benzene rings is 1. The van der Waals surface area contributed by atoms with E-state index in [0.717, 1.165) is 5.56 Å². The van der Waals surface area contributed by atoms with E-state index in [2.05, 4.69) is 31.1 Å². The second-order valence-electron chi connectivity index (χ2n) is 6.29. The minimum atomic E-state index is -0.367. The Morgan fingerprint density at radius 2 is 2.11 bits per heavy atom. The largest absolute Gasteiger partial charge is 0.364 e. The minimum Gasteiger partial charge on any atom is -0.364 e. The predicted octanol–water partition coefficient (Wildman–Crippen LogP) is 2.07. The molecule has 0 saturated heterocycles. The van der Waals surface area contributed by atoms with E-state index in [1.165, 1.54) is 12.3 Å². The van der Waals surface area contributed by atoms with Crippen LogP contribution in [0.1, 0.15) is 17.3 Å². The van der Waals surface area contributed by atoms with Crippen LogP contribution in [0.5, 0.6) is 0 Å². The summed E-state index contributed by atoms with van der Waals surface area (Å²) in [6.07, 6.45) is 2.76. The number of hydrazine groups is 1. The van der Waals surface area contributed by atoms with Gasteiger partial charge in [0.15, 0.2) is 11.6 Å². The Kier molecular flexibility index (Phi) is 3.85. The molecule has 1 unspecified atom stereocenters. The van der Waals surface area contributed by atoms with Gasteiger partial charge in [-0.05, 0) is 12.1 Å². The average Bonchev–Trinajstić information content (AvgIpc) is 3.44. The van der Waals surface area contributed by atoms with E-state index >= 15 is 0 Å². The zero-order valence-electron chi connectivity index (χ0n) is 14.5. The molecule has 5 rings (SSSR count). The van der Waals surface area contributed by atoms with Crippen LogP contribution in [0.3, 0.4) is 0 Å². The lowest BCUT2D eigenvalue weighted by Gasteiger charge is -2.06. The molecule has 3 aromatic heterocycles. The van der Waals surface area contributed by atoms with Crippen LogP contribution in [-0.4, -0.2) is 24.9 Å². The van der Waals surface area contributed by atoms with Crippen LogP contribution in [0.4, 0.5) is 10.2 Å². The van der Waals surface area contributed by atoms with Crippen molar-refractivity contribution in [3.8, 4) is 22.9 Å². The van der Waals surface area contributed by atoms with Crippen molar-refractivity contribution >= 4 is 5.82 Å². The summed E-state index contributed by atoms with van der Waals surface area (Å²) in [6, 6.07) is 10.1. The molecular weight excluding hydrogens is 363 g/mol. The number of nitrogens with zero attached hydrogens (tertiary/aromatic N) is 5. The summed E-state index contributed by atoms with van der Waals surface area (Å²) in [5.74, 6) is 0.715. The molecule has 4 N–H and O–H groups in total. The Hall–Kier alpha value is -3.63. The molecule has 0 amide bonds. The van der Waals surface area contributed by atoms with Crippen molar-refractivity contribution in [1.29, 1.82) is 0 Å². The lowest BCUT2D eigenvalue weighted by molar-refractivity contribution is 0.421. The highest BCUT2D eigenvalue weighted by atomic mass is 19.1. The van der Waals surface area contributed by atoms with Gasteiger partial charge in [-0.1, -0.05) is 23.4 Å². The van der Waals surface area contributed by atoms with Crippen molar-refractivity contribution in [3.63, 3.8) is 0 Å². The number of hydrogen-bond donors (Lipinski definition) is 3. The highest BCUT2D eigenvalue weighted by Gasteiger charge is 2.22. The minimum absolute atomic E-state index is 0.227. The molecule has 140 valence electrons. The Morgan fingerprint density at radius 3 is 2.93 bits per heavy atom. The van der Waals surface area contributed by atoms with Crippen LogP contribution in [0.15, 0.2) is 53.4 Å².